The highest BCUT2D eigenvalue weighted by atomic mass is 19.1. The predicted octanol–water partition coefficient (Wildman–Crippen LogP) is 4.92. The Kier molecular flexibility index (Phi) is 6.80. The number of amides is 1. The summed E-state index contributed by atoms with van der Waals surface area (Å²) in [7, 11) is 0. The van der Waals surface area contributed by atoms with Crippen molar-refractivity contribution in [1.29, 1.82) is 0 Å². The third kappa shape index (κ3) is 4.94. The quantitative estimate of drug-likeness (QED) is 0.319. The zero-order chi connectivity index (χ0) is 26.9. The molecule has 0 aliphatic heterocycles. The molecule has 2 atom stereocenters. The summed E-state index contributed by atoms with van der Waals surface area (Å²) in [6, 6.07) is 16.3. The number of hydrogen-bond acceptors (Lipinski definition) is 6. The van der Waals surface area contributed by atoms with E-state index in [1.165, 1.54) is 6.07 Å². The summed E-state index contributed by atoms with van der Waals surface area (Å²) in [6.07, 6.45) is 3.92. The van der Waals surface area contributed by atoms with Crippen molar-refractivity contribution in [3.63, 3.8) is 0 Å². The van der Waals surface area contributed by atoms with Crippen LogP contribution in [0.1, 0.15) is 30.0 Å². The zero-order valence-electron chi connectivity index (χ0n) is 21.2. The molecule has 1 aliphatic rings. The van der Waals surface area contributed by atoms with Crippen LogP contribution in [0.4, 0.5) is 4.39 Å². The fraction of sp³-hybridized carbons (Fsp3) is 0.267. The summed E-state index contributed by atoms with van der Waals surface area (Å²) in [5.41, 5.74) is 9.37. The van der Waals surface area contributed by atoms with E-state index in [1.807, 2.05) is 43.3 Å². The van der Waals surface area contributed by atoms with E-state index in [4.69, 9.17) is 20.2 Å². The summed E-state index contributed by atoms with van der Waals surface area (Å²) in [5.74, 6) is -2.11. The third-order valence-corrected chi connectivity index (χ3v) is 7.01. The second kappa shape index (κ2) is 10.2. The molecule has 2 aromatic carbocycles. The molecular formula is C30H28FN3O4. The first-order chi connectivity index (χ1) is 18.3. The van der Waals surface area contributed by atoms with Crippen LogP contribution in [0.3, 0.4) is 0 Å². The lowest BCUT2D eigenvalue weighted by molar-refractivity contribution is -0.151. The summed E-state index contributed by atoms with van der Waals surface area (Å²) < 4.78 is 26.2. The van der Waals surface area contributed by atoms with Gasteiger partial charge in [0.1, 0.15) is 6.61 Å². The van der Waals surface area contributed by atoms with Crippen molar-refractivity contribution in [1.82, 2.24) is 9.97 Å². The molecule has 0 saturated heterocycles. The number of halogens is 1. The van der Waals surface area contributed by atoms with Crippen LogP contribution in [0, 0.1) is 24.1 Å². The van der Waals surface area contributed by atoms with Gasteiger partial charge in [-0.1, -0.05) is 17.7 Å². The second-order valence-electron chi connectivity index (χ2n) is 9.69. The summed E-state index contributed by atoms with van der Waals surface area (Å²) >= 11 is 0. The van der Waals surface area contributed by atoms with Crippen molar-refractivity contribution >= 4 is 22.8 Å². The molecule has 194 valence electrons. The van der Waals surface area contributed by atoms with Gasteiger partial charge in [-0.15, -0.1) is 0 Å². The first-order valence-corrected chi connectivity index (χ1v) is 12.5. The monoisotopic (exact) mass is 513 g/mol. The van der Waals surface area contributed by atoms with Gasteiger partial charge in [-0.2, -0.15) is 0 Å². The number of aromatic nitrogens is 2. The van der Waals surface area contributed by atoms with Crippen LogP contribution in [-0.4, -0.2) is 28.5 Å². The van der Waals surface area contributed by atoms with Crippen LogP contribution >= 0.6 is 0 Å². The Labute approximate surface area is 219 Å². The van der Waals surface area contributed by atoms with E-state index >= 15 is 4.39 Å². The molecule has 1 fully saturated rings. The van der Waals surface area contributed by atoms with Crippen LogP contribution in [0.5, 0.6) is 5.75 Å². The molecule has 0 unspecified atom stereocenters. The summed E-state index contributed by atoms with van der Waals surface area (Å²) in [6.45, 7) is 4.02. The molecule has 2 aromatic heterocycles. The van der Waals surface area contributed by atoms with E-state index in [0.29, 0.717) is 12.0 Å². The Balaban J connectivity index is 1.38. The minimum atomic E-state index is -1.03. The SMILES string of the molecule is CCOC(=O)[C@@]1(Cc2ccc(OCc3cc(-c4cccnc4)nc4ccc(C)cc34)c(F)c2)C[C@@H]1C(N)=O. The Morgan fingerprint density at radius 3 is 2.68 bits per heavy atom. The van der Waals surface area contributed by atoms with Crippen LogP contribution in [0.15, 0.2) is 67.0 Å². The number of aryl methyl sites for hydroxylation is 1. The van der Waals surface area contributed by atoms with Gasteiger partial charge >= 0.3 is 5.97 Å². The summed E-state index contributed by atoms with van der Waals surface area (Å²) in [5, 5.41) is 0.928. The fourth-order valence-electron chi connectivity index (χ4n) is 4.93. The average molecular weight is 514 g/mol. The van der Waals surface area contributed by atoms with E-state index in [1.54, 1.807) is 31.5 Å². The van der Waals surface area contributed by atoms with E-state index in [2.05, 4.69) is 4.98 Å². The lowest BCUT2D eigenvalue weighted by atomic mass is 9.93. The predicted molar refractivity (Wildman–Crippen MR) is 141 cm³/mol. The lowest BCUT2D eigenvalue weighted by Crippen LogP contribution is -2.28. The lowest BCUT2D eigenvalue weighted by Gasteiger charge is -2.16. The van der Waals surface area contributed by atoms with Gasteiger partial charge in [-0.25, -0.2) is 9.37 Å². The van der Waals surface area contributed by atoms with E-state index < -0.39 is 29.0 Å². The molecular weight excluding hydrogens is 485 g/mol. The number of carbonyl (C=O) groups is 2. The molecule has 7 nitrogen and oxygen atoms in total. The van der Waals surface area contributed by atoms with Crippen molar-refractivity contribution in [2.24, 2.45) is 17.1 Å². The van der Waals surface area contributed by atoms with Crippen molar-refractivity contribution in [2.75, 3.05) is 6.61 Å². The highest BCUT2D eigenvalue weighted by molar-refractivity contribution is 5.93. The van der Waals surface area contributed by atoms with Gasteiger partial charge in [0.2, 0.25) is 5.91 Å². The van der Waals surface area contributed by atoms with E-state index in [9.17, 15) is 9.59 Å². The van der Waals surface area contributed by atoms with Crippen LogP contribution in [-0.2, 0) is 27.4 Å². The van der Waals surface area contributed by atoms with Gasteiger partial charge in [-0.05, 0) is 74.7 Å². The van der Waals surface area contributed by atoms with Gasteiger partial charge in [0.25, 0.3) is 0 Å². The Bertz CT molecular complexity index is 1530. The molecule has 1 amide bonds. The molecule has 0 spiro atoms. The van der Waals surface area contributed by atoms with Crippen molar-refractivity contribution in [3.05, 3.63) is 89.5 Å². The molecule has 1 aliphatic carbocycles. The van der Waals surface area contributed by atoms with Gasteiger partial charge < -0.3 is 15.2 Å². The molecule has 1 saturated carbocycles. The number of carbonyl (C=O) groups excluding carboxylic acids is 2. The number of hydrogen-bond donors (Lipinski definition) is 1. The van der Waals surface area contributed by atoms with Gasteiger partial charge in [0.15, 0.2) is 11.6 Å². The summed E-state index contributed by atoms with van der Waals surface area (Å²) in [4.78, 5) is 33.3. The highest BCUT2D eigenvalue weighted by Gasteiger charge is 2.63. The molecule has 2 heterocycles. The number of benzene rings is 2. The first kappa shape index (κ1) is 25.3. The molecule has 0 bridgehead atoms. The number of nitrogens with two attached hydrogens (primary N) is 1. The number of nitrogens with zero attached hydrogens (tertiary/aromatic N) is 2. The number of rotatable bonds is 9. The maximum atomic E-state index is 15.1. The van der Waals surface area contributed by atoms with Crippen LogP contribution < -0.4 is 10.5 Å². The smallest absolute Gasteiger partial charge is 0.313 e. The van der Waals surface area contributed by atoms with E-state index in [-0.39, 0.29) is 25.4 Å². The van der Waals surface area contributed by atoms with Crippen molar-refractivity contribution in [2.45, 2.75) is 33.3 Å². The largest absolute Gasteiger partial charge is 0.486 e. The molecule has 8 heteroatoms. The number of primary amides is 1. The highest BCUT2D eigenvalue weighted by Crippen LogP contribution is 2.55. The third-order valence-electron chi connectivity index (χ3n) is 7.01. The minimum Gasteiger partial charge on any atom is -0.486 e. The molecule has 2 N–H and O–H groups in total. The second-order valence-corrected chi connectivity index (χ2v) is 9.69. The molecule has 4 aromatic rings. The van der Waals surface area contributed by atoms with Gasteiger partial charge in [-0.3, -0.25) is 14.6 Å². The van der Waals surface area contributed by atoms with Crippen molar-refractivity contribution < 1.29 is 23.5 Å². The van der Waals surface area contributed by atoms with Gasteiger partial charge in [0.05, 0.1) is 29.2 Å². The zero-order valence-corrected chi connectivity index (χ0v) is 21.2. The average Bonchev–Trinajstić information content (AvgIpc) is 3.64. The number of fused-ring (bicyclic) bond motifs is 1. The fourth-order valence-corrected chi connectivity index (χ4v) is 4.93. The number of pyridine rings is 2. The first-order valence-electron chi connectivity index (χ1n) is 12.5. The standard InChI is InChI=1S/C30H28FN3O4/c1-3-37-29(36)30(15-23(30)28(32)35)14-19-7-9-27(24(31)12-19)38-17-21-13-26(20-5-4-10-33-16-20)34-25-8-6-18(2)11-22(21)25/h4-13,16,23H,3,14-15,17H2,1-2H3,(H2,32,35)/t23-,30+/m1/s1. The normalized spacial score (nSPS) is 18.2. The topological polar surface area (TPSA) is 104 Å². The molecule has 0 radical (unpaired) electrons. The Hall–Kier alpha value is -4.33. The van der Waals surface area contributed by atoms with Crippen LogP contribution in [0.2, 0.25) is 0 Å². The Morgan fingerprint density at radius 1 is 1.16 bits per heavy atom. The Morgan fingerprint density at radius 2 is 2.00 bits per heavy atom. The minimum absolute atomic E-state index is 0.0849. The molecule has 5 rings (SSSR count). The number of ether oxygens (including phenoxy) is 2. The molecule has 38 heavy (non-hydrogen) atoms. The van der Waals surface area contributed by atoms with Gasteiger partial charge in [0, 0.05) is 28.9 Å². The number of esters is 1. The maximum Gasteiger partial charge on any atom is 0.313 e. The van der Waals surface area contributed by atoms with Crippen molar-refractivity contribution in [3.8, 4) is 17.0 Å². The van der Waals surface area contributed by atoms with E-state index in [0.717, 1.165) is 33.3 Å². The maximum absolute atomic E-state index is 15.1. The van der Waals surface area contributed by atoms with Crippen LogP contribution in [0.25, 0.3) is 22.2 Å².